The van der Waals surface area contributed by atoms with Crippen LogP contribution in [0.25, 0.3) is 0 Å². The maximum Gasteiger partial charge on any atom is 0.417 e. The van der Waals surface area contributed by atoms with Gasteiger partial charge in [0.25, 0.3) is 11.8 Å². The number of hydrogen-bond acceptors (Lipinski definition) is 5. The van der Waals surface area contributed by atoms with Crippen molar-refractivity contribution in [3.05, 3.63) is 57.6 Å². The van der Waals surface area contributed by atoms with Crippen molar-refractivity contribution in [2.75, 3.05) is 19.1 Å². The second kappa shape index (κ2) is 6.75. The maximum atomic E-state index is 13.1. The summed E-state index contributed by atoms with van der Waals surface area (Å²) in [5.74, 6) is -1.41. The number of alkyl halides is 3. The van der Waals surface area contributed by atoms with Crippen molar-refractivity contribution in [1.29, 1.82) is 0 Å². The van der Waals surface area contributed by atoms with Crippen molar-refractivity contribution in [1.82, 2.24) is 4.98 Å². The Labute approximate surface area is 139 Å². The normalized spacial score (nSPS) is 11.1. The highest BCUT2D eigenvalue weighted by molar-refractivity contribution is 6.06. The van der Waals surface area contributed by atoms with Crippen molar-refractivity contribution in [3.63, 3.8) is 0 Å². The molecular formula is C15H12F3N3O4. The summed E-state index contributed by atoms with van der Waals surface area (Å²) >= 11 is 0. The van der Waals surface area contributed by atoms with Crippen LogP contribution < -0.4 is 9.64 Å². The number of nitro groups is 1. The summed E-state index contributed by atoms with van der Waals surface area (Å²) in [6.07, 6.45) is -4.70. The van der Waals surface area contributed by atoms with Gasteiger partial charge in [-0.25, -0.2) is 0 Å². The molecule has 0 N–H and O–H groups in total. The van der Waals surface area contributed by atoms with E-state index in [-0.39, 0.29) is 11.7 Å². The van der Waals surface area contributed by atoms with Crippen LogP contribution in [0.5, 0.6) is 5.88 Å². The topological polar surface area (TPSA) is 85.6 Å². The Morgan fingerprint density at radius 3 is 2.44 bits per heavy atom. The number of hydrogen-bond donors (Lipinski definition) is 0. The molecule has 1 aromatic carbocycles. The van der Waals surface area contributed by atoms with Gasteiger partial charge in [0.1, 0.15) is 5.82 Å². The number of amides is 1. The monoisotopic (exact) mass is 355 g/mol. The van der Waals surface area contributed by atoms with Crippen molar-refractivity contribution >= 4 is 17.4 Å². The molecule has 1 aromatic heterocycles. The van der Waals surface area contributed by atoms with Crippen LogP contribution >= 0.6 is 0 Å². The molecule has 0 spiro atoms. The number of aromatic nitrogens is 1. The molecule has 25 heavy (non-hydrogen) atoms. The highest BCUT2D eigenvalue weighted by Crippen LogP contribution is 2.33. The van der Waals surface area contributed by atoms with E-state index in [9.17, 15) is 28.1 Å². The molecule has 0 unspecified atom stereocenters. The lowest BCUT2D eigenvalue weighted by Gasteiger charge is -2.19. The van der Waals surface area contributed by atoms with Crippen LogP contribution in [0.2, 0.25) is 0 Å². The number of halogens is 3. The Kier molecular flexibility index (Phi) is 4.91. The zero-order chi connectivity index (χ0) is 18.8. The summed E-state index contributed by atoms with van der Waals surface area (Å²) in [6.45, 7) is 0. The number of methoxy groups -OCH3 is 1. The van der Waals surface area contributed by atoms with Gasteiger partial charge in [0, 0.05) is 13.1 Å². The third-order valence-corrected chi connectivity index (χ3v) is 3.33. The largest absolute Gasteiger partial charge is 0.476 e. The number of ether oxygens (including phenoxy) is 1. The summed E-state index contributed by atoms with van der Waals surface area (Å²) in [7, 11) is 2.36. The first-order valence-corrected chi connectivity index (χ1v) is 6.80. The lowest BCUT2D eigenvalue weighted by atomic mass is 10.1. The van der Waals surface area contributed by atoms with Crippen LogP contribution in [0.15, 0.2) is 36.4 Å². The van der Waals surface area contributed by atoms with Crippen molar-refractivity contribution in [3.8, 4) is 5.88 Å². The van der Waals surface area contributed by atoms with Crippen LogP contribution in [0.1, 0.15) is 15.9 Å². The van der Waals surface area contributed by atoms with Gasteiger partial charge in [-0.1, -0.05) is 12.1 Å². The fraction of sp³-hybridized carbons (Fsp3) is 0.200. The SMILES string of the molecule is COc1nc(N(C)C(=O)c2ccccc2C(F)(F)F)ccc1[N+](=O)[O-]. The number of anilines is 1. The minimum Gasteiger partial charge on any atom is -0.476 e. The predicted octanol–water partition coefficient (Wildman–Crippen LogP) is 3.29. The fourth-order valence-electron chi connectivity index (χ4n) is 2.10. The number of rotatable bonds is 4. The van der Waals surface area contributed by atoms with E-state index in [0.29, 0.717) is 0 Å². The first kappa shape index (κ1) is 18.2. The molecule has 0 aliphatic rings. The average Bonchev–Trinajstić information content (AvgIpc) is 2.59. The summed E-state index contributed by atoms with van der Waals surface area (Å²) in [4.78, 5) is 27.2. The van der Waals surface area contributed by atoms with E-state index in [2.05, 4.69) is 4.98 Å². The van der Waals surface area contributed by atoms with Gasteiger partial charge in [-0.05, 0) is 18.2 Å². The highest BCUT2D eigenvalue weighted by Gasteiger charge is 2.36. The number of nitrogens with zero attached hydrogens (tertiary/aromatic N) is 3. The van der Waals surface area contributed by atoms with Crippen LogP contribution in [-0.2, 0) is 6.18 Å². The molecule has 2 rings (SSSR count). The van der Waals surface area contributed by atoms with Crippen LogP contribution in [0, 0.1) is 10.1 Å². The zero-order valence-corrected chi connectivity index (χ0v) is 13.1. The molecule has 0 fully saturated rings. The minimum absolute atomic E-state index is 0.0931. The second-order valence-electron chi connectivity index (χ2n) is 4.86. The van der Waals surface area contributed by atoms with Gasteiger partial charge < -0.3 is 4.74 Å². The molecule has 10 heteroatoms. The average molecular weight is 355 g/mol. The molecular weight excluding hydrogens is 343 g/mol. The molecule has 0 aliphatic heterocycles. The molecule has 0 aliphatic carbocycles. The van der Waals surface area contributed by atoms with Gasteiger partial charge in [-0.15, -0.1) is 0 Å². The van der Waals surface area contributed by atoms with Crippen LogP contribution in [0.4, 0.5) is 24.7 Å². The first-order chi connectivity index (χ1) is 11.7. The van der Waals surface area contributed by atoms with Crippen LogP contribution in [0.3, 0.4) is 0 Å². The van der Waals surface area contributed by atoms with Crippen LogP contribution in [-0.4, -0.2) is 30.0 Å². The van der Waals surface area contributed by atoms with Crippen molar-refractivity contribution < 1.29 is 27.6 Å². The first-order valence-electron chi connectivity index (χ1n) is 6.80. The molecule has 1 amide bonds. The molecule has 0 atom stereocenters. The van der Waals surface area contributed by atoms with Gasteiger partial charge in [-0.2, -0.15) is 18.2 Å². The molecule has 7 nitrogen and oxygen atoms in total. The molecule has 0 saturated carbocycles. The van der Waals surface area contributed by atoms with E-state index in [1.807, 2.05) is 0 Å². The van der Waals surface area contributed by atoms with E-state index in [4.69, 9.17) is 4.74 Å². The summed E-state index contributed by atoms with van der Waals surface area (Å²) in [6, 6.07) is 6.53. The van der Waals surface area contributed by atoms with Crippen molar-refractivity contribution in [2.24, 2.45) is 0 Å². The van der Waals surface area contributed by atoms with Crippen molar-refractivity contribution in [2.45, 2.75) is 6.18 Å². The lowest BCUT2D eigenvalue weighted by molar-refractivity contribution is -0.386. The van der Waals surface area contributed by atoms with E-state index in [1.54, 1.807) is 0 Å². The quantitative estimate of drug-likeness (QED) is 0.620. The fourth-order valence-corrected chi connectivity index (χ4v) is 2.10. The Morgan fingerprint density at radius 1 is 1.24 bits per heavy atom. The second-order valence-corrected chi connectivity index (χ2v) is 4.86. The van der Waals surface area contributed by atoms with Gasteiger partial charge in [0.15, 0.2) is 0 Å². The Balaban J connectivity index is 2.44. The van der Waals surface area contributed by atoms with Gasteiger partial charge >= 0.3 is 11.9 Å². The van der Waals surface area contributed by atoms with E-state index in [0.717, 1.165) is 36.3 Å². The standard InChI is InChI=1S/C15H12F3N3O4/c1-20(12-8-7-11(21(23)24)13(19-12)25-2)14(22)9-5-3-4-6-10(9)15(16,17)18/h3-8H,1-2H3. The Morgan fingerprint density at radius 2 is 1.88 bits per heavy atom. The van der Waals surface area contributed by atoms with Gasteiger partial charge in [0.2, 0.25) is 0 Å². The number of carbonyl (C=O) groups is 1. The highest BCUT2D eigenvalue weighted by atomic mass is 19.4. The number of pyridine rings is 1. The van der Waals surface area contributed by atoms with E-state index in [1.165, 1.54) is 19.2 Å². The predicted molar refractivity (Wildman–Crippen MR) is 81.6 cm³/mol. The molecule has 1 heterocycles. The maximum absolute atomic E-state index is 13.1. The minimum atomic E-state index is -4.70. The summed E-state index contributed by atoms with van der Waals surface area (Å²) in [5.41, 5.74) is -2.07. The van der Waals surface area contributed by atoms with Gasteiger partial charge in [-0.3, -0.25) is 19.8 Å². The third-order valence-electron chi connectivity index (χ3n) is 3.33. The summed E-state index contributed by atoms with van der Waals surface area (Å²) in [5, 5.41) is 10.9. The zero-order valence-electron chi connectivity index (χ0n) is 13.1. The molecule has 0 radical (unpaired) electrons. The smallest absolute Gasteiger partial charge is 0.417 e. The molecule has 0 bridgehead atoms. The number of benzene rings is 1. The lowest BCUT2D eigenvalue weighted by Crippen LogP contribution is -2.29. The molecule has 0 saturated heterocycles. The summed E-state index contributed by atoms with van der Waals surface area (Å²) < 4.78 is 44.0. The third kappa shape index (κ3) is 3.67. The number of carbonyl (C=O) groups excluding carboxylic acids is 1. The molecule has 2 aromatic rings. The molecule has 132 valence electrons. The van der Waals surface area contributed by atoms with E-state index < -0.39 is 33.8 Å². The van der Waals surface area contributed by atoms with Gasteiger partial charge in [0.05, 0.1) is 23.2 Å². The Bertz CT molecular complexity index is 824. The Hall–Kier alpha value is -3.17. The van der Waals surface area contributed by atoms with E-state index >= 15 is 0 Å².